The summed E-state index contributed by atoms with van der Waals surface area (Å²) >= 11 is 0. The molecule has 2 rings (SSSR count). The zero-order chi connectivity index (χ0) is 12.8. The lowest BCUT2D eigenvalue weighted by Gasteiger charge is -2.38. The molecule has 0 N–H and O–H groups in total. The van der Waals surface area contributed by atoms with Crippen molar-refractivity contribution in [3.05, 3.63) is 0 Å². The highest BCUT2D eigenvalue weighted by molar-refractivity contribution is 4.89. The van der Waals surface area contributed by atoms with E-state index in [9.17, 15) is 0 Å². The largest absolute Gasteiger partial charge is 0.375 e. The van der Waals surface area contributed by atoms with E-state index in [0.717, 1.165) is 39.3 Å². The van der Waals surface area contributed by atoms with Gasteiger partial charge in [0.25, 0.3) is 0 Å². The highest BCUT2D eigenvalue weighted by Gasteiger charge is 2.35. The van der Waals surface area contributed by atoms with Crippen molar-refractivity contribution in [1.82, 2.24) is 4.90 Å². The van der Waals surface area contributed by atoms with Crippen LogP contribution < -0.4 is 0 Å². The molecular weight excluding hydrogens is 230 g/mol. The van der Waals surface area contributed by atoms with Crippen LogP contribution in [-0.2, 0) is 14.2 Å². The smallest absolute Gasteiger partial charge is 0.158 e. The third kappa shape index (κ3) is 3.67. The summed E-state index contributed by atoms with van der Waals surface area (Å²) in [5, 5.41) is 0. The predicted octanol–water partition coefficient (Wildman–Crippen LogP) is 2.03. The van der Waals surface area contributed by atoms with Gasteiger partial charge in [0.15, 0.2) is 6.29 Å². The molecule has 2 aliphatic rings. The molecule has 0 bridgehead atoms. The summed E-state index contributed by atoms with van der Waals surface area (Å²) in [5.41, 5.74) is 0. The number of hydrogen-bond acceptors (Lipinski definition) is 4. The maximum absolute atomic E-state index is 5.83. The van der Waals surface area contributed by atoms with Crippen molar-refractivity contribution in [3.8, 4) is 0 Å². The fraction of sp³-hybridized carbons (Fsp3) is 1.00. The fourth-order valence-electron chi connectivity index (χ4n) is 3.14. The molecule has 18 heavy (non-hydrogen) atoms. The predicted molar refractivity (Wildman–Crippen MR) is 70.6 cm³/mol. The number of nitrogens with zero attached hydrogens (tertiary/aromatic N) is 1. The second-order valence-electron chi connectivity index (χ2n) is 5.07. The highest BCUT2D eigenvalue weighted by Crippen LogP contribution is 2.29. The first-order chi connectivity index (χ1) is 8.85. The Balaban J connectivity index is 1.77. The van der Waals surface area contributed by atoms with Gasteiger partial charge in [-0.1, -0.05) is 0 Å². The maximum atomic E-state index is 5.83. The summed E-state index contributed by atoms with van der Waals surface area (Å²) in [4.78, 5) is 2.58. The van der Waals surface area contributed by atoms with Crippen LogP contribution in [0.5, 0.6) is 0 Å². The van der Waals surface area contributed by atoms with Crippen molar-refractivity contribution in [2.24, 2.45) is 0 Å². The van der Waals surface area contributed by atoms with Gasteiger partial charge in [0.2, 0.25) is 0 Å². The second-order valence-corrected chi connectivity index (χ2v) is 5.07. The van der Waals surface area contributed by atoms with Gasteiger partial charge in [0.05, 0.1) is 12.7 Å². The van der Waals surface area contributed by atoms with Gasteiger partial charge in [-0.2, -0.15) is 0 Å². The van der Waals surface area contributed by atoms with Gasteiger partial charge < -0.3 is 14.2 Å². The molecule has 1 heterocycles. The molecule has 2 unspecified atom stereocenters. The molecule has 0 aromatic heterocycles. The molecule has 1 aliphatic carbocycles. The minimum atomic E-state index is -0.0392. The fourth-order valence-corrected chi connectivity index (χ4v) is 3.14. The van der Waals surface area contributed by atoms with Crippen LogP contribution in [0.4, 0.5) is 0 Å². The minimum absolute atomic E-state index is 0.0392. The molecule has 0 spiro atoms. The molecule has 0 aromatic carbocycles. The Morgan fingerprint density at radius 2 is 2.00 bits per heavy atom. The van der Waals surface area contributed by atoms with E-state index in [1.54, 1.807) is 0 Å². The van der Waals surface area contributed by atoms with E-state index in [2.05, 4.69) is 4.90 Å². The SMILES string of the molecule is CCOC(CCN1CCOC2CCCC21)OCC. The normalized spacial score (nSPS) is 28.8. The second kappa shape index (κ2) is 7.43. The van der Waals surface area contributed by atoms with E-state index < -0.39 is 0 Å². The van der Waals surface area contributed by atoms with Gasteiger partial charge in [-0.3, -0.25) is 4.90 Å². The Hall–Kier alpha value is -0.160. The zero-order valence-electron chi connectivity index (χ0n) is 11.8. The van der Waals surface area contributed by atoms with Gasteiger partial charge in [-0.25, -0.2) is 0 Å². The first-order valence-electron chi connectivity index (χ1n) is 7.44. The Morgan fingerprint density at radius 1 is 1.22 bits per heavy atom. The van der Waals surface area contributed by atoms with Crippen LogP contribution in [0, 0.1) is 0 Å². The summed E-state index contributed by atoms with van der Waals surface area (Å²) in [5.74, 6) is 0. The van der Waals surface area contributed by atoms with E-state index in [0.29, 0.717) is 12.1 Å². The molecule has 2 fully saturated rings. The number of ether oxygens (including phenoxy) is 3. The molecule has 4 heteroatoms. The van der Waals surface area contributed by atoms with Crippen molar-refractivity contribution in [3.63, 3.8) is 0 Å². The monoisotopic (exact) mass is 257 g/mol. The van der Waals surface area contributed by atoms with Crippen molar-refractivity contribution in [2.75, 3.05) is 32.9 Å². The standard InChI is InChI=1S/C14H27NO3/c1-3-16-14(17-4-2)8-9-15-10-11-18-13-7-5-6-12(13)15/h12-14H,3-11H2,1-2H3. The Labute approximate surface area is 111 Å². The minimum Gasteiger partial charge on any atom is -0.375 e. The van der Waals surface area contributed by atoms with E-state index in [4.69, 9.17) is 14.2 Å². The first kappa shape index (κ1) is 14.3. The topological polar surface area (TPSA) is 30.9 Å². The van der Waals surface area contributed by atoms with Crippen LogP contribution in [-0.4, -0.2) is 56.2 Å². The number of morpholine rings is 1. The van der Waals surface area contributed by atoms with Gasteiger partial charge >= 0.3 is 0 Å². The van der Waals surface area contributed by atoms with Crippen LogP contribution in [0.3, 0.4) is 0 Å². The summed E-state index contributed by atoms with van der Waals surface area (Å²) in [6, 6.07) is 0.641. The molecule has 1 saturated carbocycles. The summed E-state index contributed by atoms with van der Waals surface area (Å²) in [7, 11) is 0. The highest BCUT2D eigenvalue weighted by atomic mass is 16.7. The number of fused-ring (bicyclic) bond motifs is 1. The third-order valence-electron chi connectivity index (χ3n) is 3.95. The van der Waals surface area contributed by atoms with Gasteiger partial charge in [-0.15, -0.1) is 0 Å². The molecule has 2 atom stereocenters. The average molecular weight is 257 g/mol. The van der Waals surface area contributed by atoms with Crippen molar-refractivity contribution >= 4 is 0 Å². The lowest BCUT2D eigenvalue weighted by molar-refractivity contribution is -0.146. The van der Waals surface area contributed by atoms with E-state index >= 15 is 0 Å². The lowest BCUT2D eigenvalue weighted by atomic mass is 10.1. The van der Waals surface area contributed by atoms with Crippen molar-refractivity contribution < 1.29 is 14.2 Å². The summed E-state index contributed by atoms with van der Waals surface area (Å²) in [6.45, 7) is 8.50. The Morgan fingerprint density at radius 3 is 2.72 bits per heavy atom. The van der Waals surface area contributed by atoms with Gasteiger partial charge in [0, 0.05) is 38.8 Å². The lowest BCUT2D eigenvalue weighted by Crippen LogP contribution is -2.49. The van der Waals surface area contributed by atoms with Gasteiger partial charge in [0.1, 0.15) is 0 Å². The first-order valence-corrected chi connectivity index (χ1v) is 7.44. The molecule has 4 nitrogen and oxygen atoms in total. The zero-order valence-corrected chi connectivity index (χ0v) is 11.8. The molecule has 1 saturated heterocycles. The molecule has 0 amide bonds. The molecule has 0 radical (unpaired) electrons. The van der Waals surface area contributed by atoms with Crippen LogP contribution in [0.2, 0.25) is 0 Å². The van der Waals surface area contributed by atoms with Crippen LogP contribution in [0.25, 0.3) is 0 Å². The van der Waals surface area contributed by atoms with Crippen LogP contribution >= 0.6 is 0 Å². The summed E-state index contributed by atoms with van der Waals surface area (Å²) in [6.07, 6.45) is 5.25. The molecule has 1 aliphatic heterocycles. The Bertz CT molecular complexity index is 231. The van der Waals surface area contributed by atoms with E-state index in [-0.39, 0.29) is 6.29 Å². The number of hydrogen-bond donors (Lipinski definition) is 0. The number of rotatable bonds is 7. The molecule has 0 aromatic rings. The van der Waals surface area contributed by atoms with Crippen LogP contribution in [0.1, 0.15) is 39.5 Å². The van der Waals surface area contributed by atoms with Crippen molar-refractivity contribution in [1.29, 1.82) is 0 Å². The maximum Gasteiger partial charge on any atom is 0.158 e. The quantitative estimate of drug-likeness (QED) is 0.653. The third-order valence-corrected chi connectivity index (χ3v) is 3.95. The van der Waals surface area contributed by atoms with E-state index in [1.807, 2.05) is 13.8 Å². The van der Waals surface area contributed by atoms with E-state index in [1.165, 1.54) is 19.3 Å². The van der Waals surface area contributed by atoms with Crippen molar-refractivity contribution in [2.45, 2.75) is 58.0 Å². The van der Waals surface area contributed by atoms with Gasteiger partial charge in [-0.05, 0) is 33.1 Å². The molecule has 106 valence electrons. The Kier molecular flexibility index (Phi) is 5.89. The average Bonchev–Trinajstić information content (AvgIpc) is 2.85. The summed E-state index contributed by atoms with van der Waals surface area (Å²) < 4.78 is 17.0. The molecular formula is C14H27NO3. The van der Waals surface area contributed by atoms with Crippen LogP contribution in [0.15, 0.2) is 0 Å².